The van der Waals surface area contributed by atoms with Gasteiger partial charge in [-0.05, 0) is 30.8 Å². The number of oxazole rings is 1. The van der Waals surface area contributed by atoms with Gasteiger partial charge < -0.3 is 9.73 Å². The Bertz CT molecular complexity index is 713. The van der Waals surface area contributed by atoms with Gasteiger partial charge in [0.05, 0.1) is 11.2 Å². The summed E-state index contributed by atoms with van der Waals surface area (Å²) in [6, 6.07) is 7.59. The van der Waals surface area contributed by atoms with Crippen LogP contribution in [0, 0.1) is 0 Å². The monoisotopic (exact) mass is 306 g/mol. The molecule has 0 saturated carbocycles. The molecule has 0 saturated heterocycles. The normalized spacial score (nSPS) is 10.9. The predicted octanol–water partition coefficient (Wildman–Crippen LogP) is 3.85. The molecular weight excluding hydrogens is 296 g/mol. The molecule has 5 nitrogen and oxygen atoms in total. The van der Waals surface area contributed by atoms with Gasteiger partial charge in [0, 0.05) is 6.54 Å². The molecule has 0 atom stereocenters. The Hall–Kier alpha value is -1.79. The Morgan fingerprint density at radius 1 is 1.30 bits per heavy atom. The molecule has 0 bridgehead atoms. The van der Waals surface area contributed by atoms with Crippen molar-refractivity contribution < 1.29 is 4.42 Å². The summed E-state index contributed by atoms with van der Waals surface area (Å²) in [6.45, 7) is 2.72. The summed E-state index contributed by atoms with van der Waals surface area (Å²) in [5.74, 6) is 0.538. The second kappa shape index (κ2) is 5.68. The molecule has 102 valence electrons. The lowest BCUT2D eigenvalue weighted by molar-refractivity contribution is 0.489. The molecule has 0 fully saturated rings. The minimum atomic E-state index is 0.471. The van der Waals surface area contributed by atoms with Crippen LogP contribution in [0.4, 0.5) is 5.95 Å². The van der Waals surface area contributed by atoms with Crippen molar-refractivity contribution >= 4 is 40.4 Å². The number of nitrogens with zero attached hydrogens (tertiary/aromatic N) is 3. The maximum absolute atomic E-state index is 6.10. The lowest BCUT2D eigenvalue weighted by atomic mass is 10.3. The first-order chi connectivity index (χ1) is 9.76. The van der Waals surface area contributed by atoms with E-state index in [0.717, 1.165) is 17.6 Å². The third-order valence-electron chi connectivity index (χ3n) is 2.51. The highest BCUT2D eigenvalue weighted by atomic mass is 35.5. The number of para-hydroxylation sites is 2. The third-order valence-corrected chi connectivity index (χ3v) is 3.75. The predicted molar refractivity (Wildman–Crippen MR) is 79.3 cm³/mol. The van der Waals surface area contributed by atoms with E-state index in [-0.39, 0.29) is 0 Å². The lowest BCUT2D eigenvalue weighted by Crippen LogP contribution is -2.02. The number of fused-ring (bicyclic) bond motifs is 1. The zero-order chi connectivity index (χ0) is 13.9. The summed E-state index contributed by atoms with van der Waals surface area (Å²) in [5, 5.41) is 4.64. The quantitative estimate of drug-likeness (QED) is 0.739. The van der Waals surface area contributed by atoms with Gasteiger partial charge in [0.1, 0.15) is 10.5 Å². The van der Waals surface area contributed by atoms with Gasteiger partial charge in [-0.3, -0.25) is 0 Å². The molecule has 20 heavy (non-hydrogen) atoms. The Labute approximate surface area is 124 Å². The van der Waals surface area contributed by atoms with E-state index in [1.807, 2.05) is 31.2 Å². The van der Waals surface area contributed by atoms with Crippen LogP contribution in [0.3, 0.4) is 0 Å². The fourth-order valence-corrected chi connectivity index (χ4v) is 2.57. The summed E-state index contributed by atoms with van der Waals surface area (Å²) in [4.78, 5) is 12.8. The Morgan fingerprint density at radius 2 is 2.15 bits per heavy atom. The lowest BCUT2D eigenvalue weighted by Gasteiger charge is -2.04. The fourth-order valence-electron chi connectivity index (χ4n) is 1.64. The number of rotatable bonds is 4. The fraction of sp³-hybridized carbons (Fsp3) is 0.154. The van der Waals surface area contributed by atoms with Crippen molar-refractivity contribution in [3.05, 3.63) is 35.5 Å². The Balaban J connectivity index is 1.91. The summed E-state index contributed by atoms with van der Waals surface area (Å²) in [7, 11) is 0. The minimum Gasteiger partial charge on any atom is -0.431 e. The first-order valence-corrected chi connectivity index (χ1v) is 7.25. The molecule has 0 spiro atoms. The molecule has 0 radical (unpaired) electrons. The van der Waals surface area contributed by atoms with Crippen LogP contribution in [-0.4, -0.2) is 21.5 Å². The van der Waals surface area contributed by atoms with E-state index in [1.54, 1.807) is 6.20 Å². The Kier molecular flexibility index (Phi) is 3.75. The molecule has 3 aromatic rings. The summed E-state index contributed by atoms with van der Waals surface area (Å²) in [6.07, 6.45) is 1.57. The Morgan fingerprint density at radius 3 is 2.95 bits per heavy atom. The van der Waals surface area contributed by atoms with E-state index < -0.39 is 0 Å². The van der Waals surface area contributed by atoms with E-state index >= 15 is 0 Å². The zero-order valence-corrected chi connectivity index (χ0v) is 12.2. The van der Waals surface area contributed by atoms with Crippen molar-refractivity contribution in [2.24, 2.45) is 0 Å². The van der Waals surface area contributed by atoms with Crippen LogP contribution in [0.2, 0.25) is 5.02 Å². The topological polar surface area (TPSA) is 63.8 Å². The van der Waals surface area contributed by atoms with Crippen LogP contribution >= 0.6 is 23.4 Å². The first-order valence-electron chi connectivity index (χ1n) is 6.06. The molecule has 0 aliphatic carbocycles. The van der Waals surface area contributed by atoms with Gasteiger partial charge in [0.15, 0.2) is 5.58 Å². The third kappa shape index (κ3) is 2.71. The average Bonchev–Trinajstić information content (AvgIpc) is 2.85. The largest absolute Gasteiger partial charge is 0.431 e. The van der Waals surface area contributed by atoms with Gasteiger partial charge in [0.2, 0.25) is 5.95 Å². The zero-order valence-electron chi connectivity index (χ0n) is 10.6. The summed E-state index contributed by atoms with van der Waals surface area (Å²) < 4.78 is 5.64. The highest BCUT2D eigenvalue weighted by Crippen LogP contribution is 2.33. The first kappa shape index (κ1) is 13.2. The van der Waals surface area contributed by atoms with Crippen LogP contribution in [-0.2, 0) is 0 Å². The minimum absolute atomic E-state index is 0.471. The maximum Gasteiger partial charge on any atom is 0.263 e. The van der Waals surface area contributed by atoms with Crippen LogP contribution in [0.1, 0.15) is 6.92 Å². The number of anilines is 1. The second-order valence-electron chi connectivity index (χ2n) is 3.93. The van der Waals surface area contributed by atoms with E-state index in [1.165, 1.54) is 11.8 Å². The number of nitrogens with one attached hydrogen (secondary N) is 1. The van der Waals surface area contributed by atoms with Gasteiger partial charge in [-0.1, -0.05) is 23.7 Å². The van der Waals surface area contributed by atoms with Crippen LogP contribution in [0.25, 0.3) is 11.1 Å². The molecule has 0 aliphatic rings. The van der Waals surface area contributed by atoms with Crippen LogP contribution < -0.4 is 5.32 Å². The van der Waals surface area contributed by atoms with E-state index in [4.69, 9.17) is 16.0 Å². The van der Waals surface area contributed by atoms with E-state index in [0.29, 0.717) is 21.2 Å². The summed E-state index contributed by atoms with van der Waals surface area (Å²) >= 11 is 7.38. The second-order valence-corrected chi connectivity index (χ2v) is 5.27. The van der Waals surface area contributed by atoms with Crippen LogP contribution in [0.5, 0.6) is 0 Å². The van der Waals surface area contributed by atoms with Crippen molar-refractivity contribution in [3.8, 4) is 0 Å². The molecule has 0 aliphatic heterocycles. The molecule has 2 aromatic heterocycles. The van der Waals surface area contributed by atoms with E-state index in [2.05, 4.69) is 20.3 Å². The molecular formula is C13H11ClN4OS. The molecule has 2 heterocycles. The van der Waals surface area contributed by atoms with Gasteiger partial charge in [-0.2, -0.15) is 0 Å². The van der Waals surface area contributed by atoms with E-state index in [9.17, 15) is 0 Å². The average molecular weight is 307 g/mol. The van der Waals surface area contributed by atoms with Crippen molar-refractivity contribution in [1.82, 2.24) is 15.0 Å². The molecule has 1 aromatic carbocycles. The molecule has 0 unspecified atom stereocenters. The number of hydrogen-bond donors (Lipinski definition) is 1. The smallest absolute Gasteiger partial charge is 0.263 e. The standard InChI is InChI=1S/C13H11ClN4OS/c1-2-15-12-16-7-8(14)11(18-12)20-13-17-9-5-3-4-6-10(9)19-13/h3-7H,2H2,1H3,(H,15,16,18). The molecule has 0 amide bonds. The highest BCUT2D eigenvalue weighted by Gasteiger charge is 2.12. The van der Waals surface area contributed by atoms with Gasteiger partial charge in [-0.25, -0.2) is 15.0 Å². The van der Waals surface area contributed by atoms with Crippen molar-refractivity contribution in [2.45, 2.75) is 17.2 Å². The number of aromatic nitrogens is 3. The SMILES string of the molecule is CCNc1ncc(Cl)c(Sc2nc3ccccc3o2)n1. The maximum atomic E-state index is 6.10. The highest BCUT2D eigenvalue weighted by molar-refractivity contribution is 7.99. The van der Waals surface area contributed by atoms with Gasteiger partial charge in [0.25, 0.3) is 5.22 Å². The number of benzene rings is 1. The molecule has 3 rings (SSSR count). The van der Waals surface area contributed by atoms with Crippen molar-refractivity contribution in [1.29, 1.82) is 0 Å². The molecule has 1 N–H and O–H groups in total. The number of hydrogen-bond acceptors (Lipinski definition) is 6. The van der Waals surface area contributed by atoms with Crippen LogP contribution in [0.15, 0.2) is 45.1 Å². The van der Waals surface area contributed by atoms with Crippen molar-refractivity contribution in [2.75, 3.05) is 11.9 Å². The van der Waals surface area contributed by atoms with Crippen molar-refractivity contribution in [3.63, 3.8) is 0 Å². The van der Waals surface area contributed by atoms with Gasteiger partial charge >= 0.3 is 0 Å². The molecule has 7 heteroatoms. The summed E-state index contributed by atoms with van der Waals surface area (Å²) in [5.41, 5.74) is 1.55. The van der Waals surface area contributed by atoms with Gasteiger partial charge in [-0.15, -0.1) is 0 Å². The number of halogens is 1.